The summed E-state index contributed by atoms with van der Waals surface area (Å²) in [6.07, 6.45) is 2.72. The maximum Gasteiger partial charge on any atom is 0.267 e. The van der Waals surface area contributed by atoms with E-state index in [4.69, 9.17) is 0 Å². The van der Waals surface area contributed by atoms with Crippen molar-refractivity contribution in [3.63, 3.8) is 0 Å². The molecule has 1 aromatic carbocycles. The first kappa shape index (κ1) is 13.9. The van der Waals surface area contributed by atoms with Crippen LogP contribution in [0.25, 0.3) is 0 Å². The smallest absolute Gasteiger partial charge is 0.267 e. The molecule has 0 bridgehead atoms. The van der Waals surface area contributed by atoms with E-state index in [9.17, 15) is 4.79 Å². The number of rotatable bonds is 4. The van der Waals surface area contributed by atoms with Crippen molar-refractivity contribution < 1.29 is 4.79 Å². The Kier molecular flexibility index (Phi) is 4.43. The number of hydrogen-bond acceptors (Lipinski definition) is 1. The lowest BCUT2D eigenvalue weighted by molar-refractivity contribution is 0.0946. The van der Waals surface area contributed by atoms with Gasteiger partial charge in [0.15, 0.2) is 0 Å². The minimum absolute atomic E-state index is 0.0409. The van der Waals surface area contributed by atoms with Gasteiger partial charge in [-0.25, -0.2) is 0 Å². The molecule has 2 aromatic rings. The first-order valence-electron chi connectivity index (χ1n) is 6.22. The average Bonchev–Trinajstić information content (AvgIpc) is 2.68. The Balaban J connectivity index is 1.89. The SMILES string of the molecule is Cc1cccc(CCNC(=O)c2cc(Br)cn2C)c1. The van der Waals surface area contributed by atoms with Gasteiger partial charge in [-0.05, 0) is 40.9 Å². The molecule has 0 fully saturated rings. The summed E-state index contributed by atoms with van der Waals surface area (Å²) in [5.74, 6) is -0.0409. The summed E-state index contributed by atoms with van der Waals surface area (Å²) in [4.78, 5) is 12.0. The Morgan fingerprint density at radius 3 is 2.79 bits per heavy atom. The van der Waals surface area contributed by atoms with Gasteiger partial charge in [0.2, 0.25) is 0 Å². The summed E-state index contributed by atoms with van der Waals surface area (Å²) in [6, 6.07) is 10.2. The molecule has 0 saturated heterocycles. The predicted molar refractivity (Wildman–Crippen MR) is 80.3 cm³/mol. The summed E-state index contributed by atoms with van der Waals surface area (Å²) in [6.45, 7) is 2.72. The predicted octanol–water partition coefficient (Wildman–Crippen LogP) is 3.07. The Hall–Kier alpha value is -1.55. The molecule has 0 aliphatic heterocycles. The fourth-order valence-electron chi connectivity index (χ4n) is 2.03. The summed E-state index contributed by atoms with van der Waals surface area (Å²) in [5, 5.41) is 2.94. The van der Waals surface area contributed by atoms with Crippen LogP contribution in [0, 0.1) is 6.92 Å². The van der Waals surface area contributed by atoms with Crippen molar-refractivity contribution in [2.75, 3.05) is 6.54 Å². The van der Waals surface area contributed by atoms with E-state index in [1.807, 2.05) is 29.9 Å². The highest BCUT2D eigenvalue weighted by Crippen LogP contribution is 2.13. The largest absolute Gasteiger partial charge is 0.350 e. The summed E-state index contributed by atoms with van der Waals surface area (Å²) < 4.78 is 2.73. The molecule has 2 rings (SSSR count). The lowest BCUT2D eigenvalue weighted by Crippen LogP contribution is -2.27. The van der Waals surface area contributed by atoms with Crippen molar-refractivity contribution in [2.45, 2.75) is 13.3 Å². The number of carbonyl (C=O) groups excluding carboxylic acids is 1. The third-order valence-electron chi connectivity index (χ3n) is 2.99. The van der Waals surface area contributed by atoms with Gasteiger partial charge in [0.25, 0.3) is 5.91 Å². The Labute approximate surface area is 121 Å². The van der Waals surface area contributed by atoms with Gasteiger partial charge in [0, 0.05) is 24.3 Å². The van der Waals surface area contributed by atoms with Crippen molar-refractivity contribution in [3.05, 3.63) is 57.8 Å². The topological polar surface area (TPSA) is 34.0 Å². The summed E-state index contributed by atoms with van der Waals surface area (Å²) in [5.41, 5.74) is 3.15. The second-order valence-corrected chi connectivity index (χ2v) is 5.57. The molecule has 4 heteroatoms. The van der Waals surface area contributed by atoms with E-state index in [2.05, 4.69) is 46.4 Å². The molecule has 0 spiro atoms. The average molecular weight is 321 g/mol. The zero-order chi connectivity index (χ0) is 13.8. The number of hydrogen-bond donors (Lipinski definition) is 1. The third kappa shape index (κ3) is 3.70. The van der Waals surface area contributed by atoms with Crippen LogP contribution < -0.4 is 5.32 Å². The van der Waals surface area contributed by atoms with Gasteiger partial charge in [0.1, 0.15) is 5.69 Å². The van der Waals surface area contributed by atoms with Gasteiger partial charge in [-0.15, -0.1) is 0 Å². The number of benzene rings is 1. The van der Waals surface area contributed by atoms with Gasteiger partial charge in [-0.3, -0.25) is 4.79 Å². The first-order chi connectivity index (χ1) is 9.06. The Morgan fingerprint density at radius 2 is 2.16 bits per heavy atom. The first-order valence-corrected chi connectivity index (χ1v) is 7.01. The molecule has 1 amide bonds. The second kappa shape index (κ2) is 6.06. The van der Waals surface area contributed by atoms with Gasteiger partial charge in [0.05, 0.1) is 0 Å². The number of carbonyl (C=O) groups is 1. The zero-order valence-electron chi connectivity index (χ0n) is 11.1. The van der Waals surface area contributed by atoms with Crippen LogP contribution >= 0.6 is 15.9 Å². The van der Waals surface area contributed by atoms with Crippen molar-refractivity contribution >= 4 is 21.8 Å². The van der Waals surface area contributed by atoms with Crippen LogP contribution in [0.5, 0.6) is 0 Å². The number of amides is 1. The molecular weight excluding hydrogens is 304 g/mol. The highest BCUT2D eigenvalue weighted by atomic mass is 79.9. The summed E-state index contributed by atoms with van der Waals surface area (Å²) in [7, 11) is 1.86. The Morgan fingerprint density at radius 1 is 1.37 bits per heavy atom. The molecule has 0 aliphatic rings. The molecule has 1 N–H and O–H groups in total. The van der Waals surface area contributed by atoms with Gasteiger partial charge >= 0.3 is 0 Å². The highest BCUT2D eigenvalue weighted by Gasteiger charge is 2.10. The number of halogens is 1. The van der Waals surface area contributed by atoms with Gasteiger partial charge in [-0.2, -0.15) is 0 Å². The molecule has 0 saturated carbocycles. The molecule has 1 aromatic heterocycles. The molecule has 0 aliphatic carbocycles. The molecule has 0 unspecified atom stereocenters. The van der Waals surface area contributed by atoms with Gasteiger partial charge < -0.3 is 9.88 Å². The minimum atomic E-state index is -0.0409. The molecule has 0 atom stereocenters. The fraction of sp³-hybridized carbons (Fsp3) is 0.267. The monoisotopic (exact) mass is 320 g/mol. The maximum atomic E-state index is 12.0. The quantitative estimate of drug-likeness (QED) is 0.923. The van der Waals surface area contributed by atoms with E-state index in [0.717, 1.165) is 10.9 Å². The van der Waals surface area contributed by atoms with Crippen molar-refractivity contribution in [1.82, 2.24) is 9.88 Å². The molecular formula is C15H17BrN2O. The second-order valence-electron chi connectivity index (χ2n) is 4.65. The van der Waals surface area contributed by atoms with E-state index in [1.165, 1.54) is 11.1 Å². The van der Waals surface area contributed by atoms with Crippen LogP contribution in [0.15, 0.2) is 41.0 Å². The number of aromatic nitrogens is 1. The fourth-order valence-corrected chi connectivity index (χ4v) is 2.55. The van der Waals surface area contributed by atoms with E-state index in [-0.39, 0.29) is 5.91 Å². The van der Waals surface area contributed by atoms with Crippen molar-refractivity contribution in [2.24, 2.45) is 7.05 Å². The van der Waals surface area contributed by atoms with E-state index in [1.54, 1.807) is 0 Å². The minimum Gasteiger partial charge on any atom is -0.350 e. The van der Waals surface area contributed by atoms with Crippen molar-refractivity contribution in [1.29, 1.82) is 0 Å². The summed E-state index contributed by atoms with van der Waals surface area (Å²) >= 11 is 3.36. The molecule has 3 nitrogen and oxygen atoms in total. The lowest BCUT2D eigenvalue weighted by Gasteiger charge is -2.06. The van der Waals surface area contributed by atoms with Crippen LogP contribution in [0.1, 0.15) is 21.6 Å². The van der Waals surface area contributed by atoms with E-state index >= 15 is 0 Å². The van der Waals surface area contributed by atoms with Crippen molar-refractivity contribution in [3.8, 4) is 0 Å². The van der Waals surface area contributed by atoms with Crippen LogP contribution in [0.2, 0.25) is 0 Å². The van der Waals surface area contributed by atoms with E-state index in [0.29, 0.717) is 12.2 Å². The number of nitrogens with zero attached hydrogens (tertiary/aromatic N) is 1. The van der Waals surface area contributed by atoms with Gasteiger partial charge in [-0.1, -0.05) is 29.8 Å². The molecule has 1 heterocycles. The maximum absolute atomic E-state index is 12.0. The number of nitrogens with one attached hydrogen (secondary N) is 1. The van der Waals surface area contributed by atoms with Crippen LogP contribution in [0.3, 0.4) is 0 Å². The third-order valence-corrected chi connectivity index (χ3v) is 3.42. The van der Waals surface area contributed by atoms with Crippen LogP contribution in [0.4, 0.5) is 0 Å². The molecule has 0 radical (unpaired) electrons. The lowest BCUT2D eigenvalue weighted by atomic mass is 10.1. The number of aryl methyl sites for hydroxylation is 2. The molecule has 100 valence electrons. The zero-order valence-corrected chi connectivity index (χ0v) is 12.7. The normalized spacial score (nSPS) is 10.5. The standard InChI is InChI=1S/C15H17BrN2O/c1-11-4-3-5-12(8-11)6-7-17-15(19)14-9-13(16)10-18(14)2/h3-5,8-10H,6-7H2,1-2H3,(H,17,19). The Bertz CT molecular complexity index is 590. The highest BCUT2D eigenvalue weighted by molar-refractivity contribution is 9.10. The van der Waals surface area contributed by atoms with E-state index < -0.39 is 0 Å². The molecule has 19 heavy (non-hydrogen) atoms. The van der Waals surface area contributed by atoms with Crippen LogP contribution in [-0.4, -0.2) is 17.0 Å². The van der Waals surface area contributed by atoms with Crippen LogP contribution in [-0.2, 0) is 13.5 Å².